The molecule has 0 aliphatic heterocycles. The second-order valence-electron chi connectivity index (χ2n) is 5.87. The Bertz CT molecular complexity index is 1050. The topological polar surface area (TPSA) is 64.0 Å². The molecular formula is C20H18ClN3O2S. The monoisotopic (exact) mass is 399 g/mol. The van der Waals surface area contributed by atoms with Gasteiger partial charge in [0.1, 0.15) is 0 Å². The summed E-state index contributed by atoms with van der Waals surface area (Å²) in [5, 5.41) is 4.01. The van der Waals surface area contributed by atoms with E-state index in [-0.39, 0.29) is 11.5 Å². The van der Waals surface area contributed by atoms with Crippen molar-refractivity contribution < 1.29 is 4.79 Å². The van der Waals surface area contributed by atoms with Gasteiger partial charge in [-0.1, -0.05) is 41.6 Å². The number of para-hydroxylation sites is 1. The number of hydrogen-bond donors (Lipinski definition) is 1. The van der Waals surface area contributed by atoms with Crippen LogP contribution in [0.4, 0.5) is 5.69 Å². The van der Waals surface area contributed by atoms with E-state index >= 15 is 0 Å². The number of amides is 1. The Labute approximate surface area is 166 Å². The molecule has 3 rings (SSSR count). The Hall–Kier alpha value is -2.57. The maximum atomic E-state index is 12.8. The van der Waals surface area contributed by atoms with Gasteiger partial charge in [-0.3, -0.25) is 14.2 Å². The number of nitrogens with one attached hydrogen (secondary N) is 1. The summed E-state index contributed by atoms with van der Waals surface area (Å²) in [7, 11) is 0. The van der Waals surface area contributed by atoms with Gasteiger partial charge in [0, 0.05) is 17.3 Å². The van der Waals surface area contributed by atoms with E-state index in [0.29, 0.717) is 33.3 Å². The molecule has 1 atom stereocenters. The lowest BCUT2D eigenvalue weighted by molar-refractivity contribution is -0.115. The minimum absolute atomic E-state index is 0.145. The van der Waals surface area contributed by atoms with Gasteiger partial charge in [-0.05, 0) is 43.3 Å². The zero-order valence-electron chi connectivity index (χ0n) is 14.7. The fraction of sp³-hybridized carbons (Fsp3) is 0.150. The van der Waals surface area contributed by atoms with Crippen molar-refractivity contribution in [2.45, 2.75) is 23.9 Å². The zero-order valence-corrected chi connectivity index (χ0v) is 16.3. The summed E-state index contributed by atoms with van der Waals surface area (Å²) < 4.78 is 1.53. The first kappa shape index (κ1) is 19.2. The third-order valence-corrected chi connectivity index (χ3v) is 5.24. The van der Waals surface area contributed by atoms with Gasteiger partial charge < -0.3 is 5.32 Å². The van der Waals surface area contributed by atoms with E-state index in [4.69, 9.17) is 11.6 Å². The smallest absolute Gasteiger partial charge is 0.262 e. The van der Waals surface area contributed by atoms with Crippen LogP contribution in [0.3, 0.4) is 0 Å². The van der Waals surface area contributed by atoms with Crippen LogP contribution in [0.1, 0.15) is 6.92 Å². The van der Waals surface area contributed by atoms with Gasteiger partial charge in [0.25, 0.3) is 5.56 Å². The SMILES string of the molecule is C=CCn1c(S[C@@H](C)C(=O)Nc2ccc(Cl)cc2)nc2ccccc2c1=O. The highest BCUT2D eigenvalue weighted by Gasteiger charge is 2.19. The maximum Gasteiger partial charge on any atom is 0.262 e. The van der Waals surface area contributed by atoms with Crippen LogP contribution in [0, 0.1) is 0 Å². The Balaban J connectivity index is 1.87. The summed E-state index contributed by atoms with van der Waals surface area (Å²) in [4.78, 5) is 29.9. The molecular weight excluding hydrogens is 382 g/mol. The molecule has 27 heavy (non-hydrogen) atoms. The van der Waals surface area contributed by atoms with Crippen molar-refractivity contribution in [3.8, 4) is 0 Å². The fourth-order valence-electron chi connectivity index (χ4n) is 2.52. The predicted octanol–water partition coefficient (Wildman–Crippen LogP) is 4.36. The number of carbonyl (C=O) groups is 1. The molecule has 0 aliphatic carbocycles. The van der Waals surface area contributed by atoms with Crippen LogP contribution >= 0.6 is 23.4 Å². The number of anilines is 1. The van der Waals surface area contributed by atoms with Crippen LogP contribution in [0.5, 0.6) is 0 Å². The lowest BCUT2D eigenvalue weighted by atomic mass is 10.2. The first-order valence-corrected chi connectivity index (χ1v) is 9.59. The lowest BCUT2D eigenvalue weighted by Gasteiger charge is -2.15. The molecule has 7 heteroatoms. The standard InChI is InChI=1S/C20H18ClN3O2S/c1-3-12-24-19(26)16-6-4-5-7-17(16)23-20(24)27-13(2)18(25)22-15-10-8-14(21)9-11-15/h3-11,13H,1,12H2,2H3,(H,22,25)/t13-/m0/s1. The first-order valence-electron chi connectivity index (χ1n) is 8.33. The lowest BCUT2D eigenvalue weighted by Crippen LogP contribution is -2.26. The molecule has 1 N–H and O–H groups in total. The van der Waals surface area contributed by atoms with Crippen molar-refractivity contribution >= 4 is 45.9 Å². The molecule has 1 aromatic heterocycles. The highest BCUT2D eigenvalue weighted by molar-refractivity contribution is 8.00. The summed E-state index contributed by atoms with van der Waals surface area (Å²) >= 11 is 7.10. The van der Waals surface area contributed by atoms with Crippen LogP contribution in [0.15, 0.2) is 71.1 Å². The largest absolute Gasteiger partial charge is 0.325 e. The Morgan fingerprint density at radius 1 is 1.30 bits per heavy atom. The predicted molar refractivity (Wildman–Crippen MR) is 112 cm³/mol. The molecule has 0 radical (unpaired) electrons. The van der Waals surface area contributed by atoms with Gasteiger partial charge in [-0.15, -0.1) is 6.58 Å². The van der Waals surface area contributed by atoms with Crippen LogP contribution in [0.25, 0.3) is 10.9 Å². The normalized spacial score (nSPS) is 11.9. The molecule has 0 aliphatic rings. The van der Waals surface area contributed by atoms with Gasteiger partial charge in [0.05, 0.1) is 16.2 Å². The van der Waals surface area contributed by atoms with E-state index in [2.05, 4.69) is 16.9 Å². The quantitative estimate of drug-likeness (QED) is 0.380. The molecule has 2 aromatic carbocycles. The van der Waals surface area contributed by atoms with Crippen molar-refractivity contribution in [3.05, 3.63) is 76.6 Å². The minimum atomic E-state index is -0.454. The van der Waals surface area contributed by atoms with Crippen molar-refractivity contribution in [1.29, 1.82) is 0 Å². The van der Waals surface area contributed by atoms with Crippen molar-refractivity contribution in [2.24, 2.45) is 0 Å². The molecule has 1 heterocycles. The number of nitrogens with zero attached hydrogens (tertiary/aromatic N) is 2. The Kier molecular flexibility index (Phi) is 5.98. The summed E-state index contributed by atoms with van der Waals surface area (Å²) in [6.45, 7) is 5.81. The number of allylic oxidation sites excluding steroid dienone is 1. The van der Waals surface area contributed by atoms with E-state index in [0.717, 1.165) is 0 Å². The number of fused-ring (bicyclic) bond motifs is 1. The fourth-order valence-corrected chi connectivity index (χ4v) is 3.56. The average molecular weight is 400 g/mol. The van der Waals surface area contributed by atoms with Crippen LogP contribution in [-0.4, -0.2) is 20.7 Å². The van der Waals surface area contributed by atoms with Crippen molar-refractivity contribution in [2.75, 3.05) is 5.32 Å². The van der Waals surface area contributed by atoms with Gasteiger partial charge in [0.2, 0.25) is 5.91 Å². The number of aromatic nitrogens is 2. The number of thioether (sulfide) groups is 1. The molecule has 0 unspecified atom stereocenters. The molecule has 138 valence electrons. The van der Waals surface area contributed by atoms with E-state index in [1.807, 2.05) is 6.07 Å². The molecule has 0 spiro atoms. The third kappa shape index (κ3) is 4.40. The second kappa shape index (κ2) is 8.41. The van der Waals surface area contributed by atoms with Gasteiger partial charge in [-0.2, -0.15) is 0 Å². The summed E-state index contributed by atoms with van der Waals surface area (Å²) in [6, 6.07) is 14.1. The zero-order chi connectivity index (χ0) is 19.4. The number of hydrogen-bond acceptors (Lipinski definition) is 4. The highest BCUT2D eigenvalue weighted by atomic mass is 35.5. The third-order valence-electron chi connectivity index (χ3n) is 3.90. The first-order chi connectivity index (χ1) is 13.0. The maximum absolute atomic E-state index is 12.8. The summed E-state index contributed by atoms with van der Waals surface area (Å²) in [5.41, 5.74) is 1.12. The molecule has 0 fully saturated rings. The molecule has 0 bridgehead atoms. The summed E-state index contributed by atoms with van der Waals surface area (Å²) in [5.74, 6) is -0.185. The average Bonchev–Trinajstić information content (AvgIpc) is 2.66. The minimum Gasteiger partial charge on any atom is -0.325 e. The molecule has 3 aromatic rings. The Morgan fingerprint density at radius 3 is 2.70 bits per heavy atom. The Morgan fingerprint density at radius 2 is 2.00 bits per heavy atom. The molecule has 0 saturated heterocycles. The van der Waals surface area contributed by atoms with Crippen molar-refractivity contribution in [3.63, 3.8) is 0 Å². The van der Waals surface area contributed by atoms with Crippen LogP contribution in [-0.2, 0) is 11.3 Å². The second-order valence-corrected chi connectivity index (χ2v) is 7.62. The van der Waals surface area contributed by atoms with Gasteiger partial charge >= 0.3 is 0 Å². The van der Waals surface area contributed by atoms with E-state index in [1.165, 1.54) is 16.3 Å². The van der Waals surface area contributed by atoms with Crippen LogP contribution < -0.4 is 10.9 Å². The molecule has 5 nitrogen and oxygen atoms in total. The number of halogens is 1. The number of benzene rings is 2. The number of carbonyl (C=O) groups excluding carboxylic acids is 1. The van der Waals surface area contributed by atoms with Gasteiger partial charge in [-0.25, -0.2) is 4.98 Å². The molecule has 1 amide bonds. The highest BCUT2D eigenvalue weighted by Crippen LogP contribution is 2.24. The van der Waals surface area contributed by atoms with Gasteiger partial charge in [0.15, 0.2) is 5.16 Å². The molecule has 0 saturated carbocycles. The van der Waals surface area contributed by atoms with E-state index < -0.39 is 5.25 Å². The van der Waals surface area contributed by atoms with Crippen LogP contribution in [0.2, 0.25) is 5.02 Å². The van der Waals surface area contributed by atoms with Crippen molar-refractivity contribution in [1.82, 2.24) is 9.55 Å². The van der Waals surface area contributed by atoms with E-state index in [1.54, 1.807) is 55.5 Å². The number of rotatable bonds is 6. The van der Waals surface area contributed by atoms with E-state index in [9.17, 15) is 9.59 Å². The summed E-state index contributed by atoms with van der Waals surface area (Å²) in [6.07, 6.45) is 1.64.